The summed E-state index contributed by atoms with van der Waals surface area (Å²) in [6, 6.07) is 22.8. The second kappa shape index (κ2) is 11.6. The van der Waals surface area contributed by atoms with Crippen molar-refractivity contribution in [2.75, 3.05) is 25.0 Å². The van der Waals surface area contributed by atoms with Gasteiger partial charge in [0.2, 0.25) is 0 Å². The van der Waals surface area contributed by atoms with Gasteiger partial charge in [-0.3, -0.25) is 15.0 Å². The first-order valence-electron chi connectivity index (χ1n) is 12.0. The first-order chi connectivity index (χ1) is 17.8. The minimum atomic E-state index is -4.49. The maximum Gasteiger partial charge on any atom is 0.419 e. The van der Waals surface area contributed by atoms with Crippen molar-refractivity contribution in [3.8, 4) is 0 Å². The number of benzene rings is 3. The molecule has 0 bridgehead atoms. The van der Waals surface area contributed by atoms with Crippen LogP contribution in [0, 0.1) is 0 Å². The zero-order chi connectivity index (χ0) is 26.4. The third-order valence-electron chi connectivity index (χ3n) is 6.63. The Morgan fingerprint density at radius 3 is 1.97 bits per heavy atom. The van der Waals surface area contributed by atoms with Crippen LogP contribution in [-0.2, 0) is 14.5 Å². The van der Waals surface area contributed by atoms with E-state index in [2.05, 4.69) is 15.2 Å². The number of carbonyl (C=O) groups excluding carboxylic acids is 2. The molecule has 6 nitrogen and oxygen atoms in total. The van der Waals surface area contributed by atoms with E-state index in [9.17, 15) is 14.1 Å². The van der Waals surface area contributed by atoms with Gasteiger partial charge in [-0.15, -0.1) is 0 Å². The minimum Gasteiger partial charge on any atom is -0.306 e. The van der Waals surface area contributed by atoms with E-state index < -0.39 is 29.9 Å². The van der Waals surface area contributed by atoms with Crippen LogP contribution in [0.2, 0.25) is 0 Å². The van der Waals surface area contributed by atoms with E-state index in [1.807, 2.05) is 37.4 Å². The molecule has 0 saturated carbocycles. The Labute approximate surface area is 213 Å². The molecule has 3 unspecified atom stereocenters. The van der Waals surface area contributed by atoms with Gasteiger partial charge in [0, 0.05) is 34.4 Å². The van der Waals surface area contributed by atoms with Crippen LogP contribution in [0.3, 0.4) is 0 Å². The Bertz CT molecular complexity index is 1140. The van der Waals surface area contributed by atoms with Gasteiger partial charge in [-0.1, -0.05) is 66.7 Å². The van der Waals surface area contributed by atoms with E-state index in [0.717, 1.165) is 10.5 Å². The maximum absolute atomic E-state index is 15.5. The lowest BCUT2D eigenvalue weighted by Crippen LogP contribution is -2.63. The Morgan fingerprint density at radius 2 is 1.46 bits per heavy atom. The van der Waals surface area contributed by atoms with Gasteiger partial charge in [0.25, 0.3) is 5.91 Å². The van der Waals surface area contributed by atoms with Crippen LogP contribution in [0.1, 0.15) is 17.9 Å². The smallest absolute Gasteiger partial charge is 0.306 e. The van der Waals surface area contributed by atoms with Crippen molar-refractivity contribution in [1.29, 1.82) is 0 Å². The van der Waals surface area contributed by atoms with Gasteiger partial charge in [-0.2, -0.15) is 8.78 Å². The summed E-state index contributed by atoms with van der Waals surface area (Å²) < 4.78 is 43.7. The molecule has 0 aromatic heterocycles. The fourth-order valence-electron chi connectivity index (χ4n) is 4.75. The second-order valence-corrected chi connectivity index (χ2v) is 9.11. The topological polar surface area (TPSA) is 61.9 Å². The molecule has 0 radical (unpaired) electrons. The summed E-state index contributed by atoms with van der Waals surface area (Å²) in [6.45, 7) is 1.13. The summed E-state index contributed by atoms with van der Waals surface area (Å²) in [6.07, 6.45) is 0.428. The average molecular weight is 512 g/mol. The number of nitrogens with zero attached hydrogens (tertiary/aromatic N) is 2. The fourth-order valence-corrected chi connectivity index (χ4v) is 4.75. The number of alkyl halides is 2. The van der Waals surface area contributed by atoms with Gasteiger partial charge >= 0.3 is 11.9 Å². The quantitative estimate of drug-likeness (QED) is 0.468. The molecule has 1 aliphatic heterocycles. The molecule has 0 aliphatic carbocycles. The number of rotatable bonds is 8. The third-order valence-corrected chi connectivity index (χ3v) is 6.63. The molecule has 1 heterocycles. The predicted molar refractivity (Wildman–Crippen MR) is 134 cm³/mol. The predicted octanol–water partition coefficient (Wildman–Crippen LogP) is 4.86. The summed E-state index contributed by atoms with van der Waals surface area (Å²) in [4.78, 5) is 32.0. The number of hydrogen-bond donors (Lipinski definition) is 1. The number of para-hydroxylation sites is 2. The van der Waals surface area contributed by atoms with Gasteiger partial charge in [-0.25, -0.2) is 9.74 Å². The lowest BCUT2D eigenvalue weighted by Gasteiger charge is -2.40. The Balaban J connectivity index is 1.76. The highest BCUT2D eigenvalue weighted by Crippen LogP contribution is 2.33. The van der Waals surface area contributed by atoms with E-state index in [1.165, 1.54) is 0 Å². The normalized spacial score (nSPS) is 19.1. The van der Waals surface area contributed by atoms with Gasteiger partial charge in [-0.05, 0) is 49.8 Å². The first-order valence-corrected chi connectivity index (χ1v) is 12.0. The van der Waals surface area contributed by atoms with Gasteiger partial charge in [0.05, 0.1) is 0 Å². The summed E-state index contributed by atoms with van der Waals surface area (Å²) in [5.74, 6) is -8.28. The second-order valence-electron chi connectivity index (χ2n) is 9.11. The van der Waals surface area contributed by atoms with Crippen molar-refractivity contribution in [2.45, 2.75) is 30.3 Å². The van der Waals surface area contributed by atoms with Crippen LogP contribution in [-0.4, -0.2) is 54.9 Å². The minimum absolute atomic E-state index is 0.255. The summed E-state index contributed by atoms with van der Waals surface area (Å²) in [5.41, 5.74) is 1.54. The lowest BCUT2D eigenvalue weighted by molar-refractivity contribution is -0.215. The zero-order valence-electron chi connectivity index (χ0n) is 20.3. The van der Waals surface area contributed by atoms with Gasteiger partial charge < -0.3 is 4.90 Å². The van der Waals surface area contributed by atoms with Crippen molar-refractivity contribution in [1.82, 2.24) is 10.2 Å². The van der Waals surface area contributed by atoms with Gasteiger partial charge in [0.15, 0.2) is 6.04 Å². The fraction of sp³-hybridized carbons (Fsp3) is 0.286. The standard InChI is InChI=1S/C28H28F3N3O3/c1-33-18-17-24(23(19-33)20-11-5-2-6-12-20)32-25(28(29,30)27(36)37-31)26(35)34(21-13-7-3-8-14-21)22-15-9-4-10-16-22/h2-16,23-25,32H,17-19H2,1H3. The molecule has 1 amide bonds. The highest BCUT2D eigenvalue weighted by atomic mass is 19.3. The molecule has 1 N–H and O–H groups in total. The molecule has 0 spiro atoms. The number of halogens is 3. The molecule has 194 valence electrons. The summed E-state index contributed by atoms with van der Waals surface area (Å²) in [5, 5.41) is 2.76. The molecule has 1 saturated heterocycles. The van der Waals surface area contributed by atoms with Crippen molar-refractivity contribution >= 4 is 23.3 Å². The highest BCUT2D eigenvalue weighted by molar-refractivity contribution is 6.06. The maximum atomic E-state index is 15.5. The number of hydrogen-bond acceptors (Lipinski definition) is 5. The molecule has 3 atom stereocenters. The Hall–Kier alpha value is -3.69. The average Bonchev–Trinajstić information content (AvgIpc) is 2.93. The van der Waals surface area contributed by atoms with E-state index in [0.29, 0.717) is 30.9 Å². The zero-order valence-corrected chi connectivity index (χ0v) is 20.3. The van der Waals surface area contributed by atoms with Crippen molar-refractivity contribution < 1.29 is 27.8 Å². The van der Waals surface area contributed by atoms with Crippen molar-refractivity contribution in [2.24, 2.45) is 0 Å². The van der Waals surface area contributed by atoms with Crippen molar-refractivity contribution in [3.05, 3.63) is 96.6 Å². The van der Waals surface area contributed by atoms with Crippen LogP contribution in [0.4, 0.5) is 24.7 Å². The van der Waals surface area contributed by atoms with Crippen LogP contribution >= 0.6 is 0 Å². The third kappa shape index (κ3) is 5.84. The van der Waals surface area contributed by atoms with Crippen molar-refractivity contribution in [3.63, 3.8) is 0 Å². The number of likely N-dealkylation sites (N-methyl/N-ethyl adjacent to an activating group) is 1. The first kappa shape index (κ1) is 26.4. The summed E-state index contributed by atoms with van der Waals surface area (Å²) in [7, 11) is 1.93. The van der Waals surface area contributed by atoms with Crippen LogP contribution in [0.5, 0.6) is 0 Å². The van der Waals surface area contributed by atoms with Gasteiger partial charge in [0.1, 0.15) is 0 Å². The highest BCUT2D eigenvalue weighted by Gasteiger charge is 2.56. The SMILES string of the molecule is CN1CCC(NC(C(=O)N(c2ccccc2)c2ccccc2)C(F)(F)C(=O)OF)C(c2ccccc2)C1. The molecular weight excluding hydrogens is 483 g/mol. The molecule has 1 aliphatic rings. The molecule has 3 aromatic rings. The monoisotopic (exact) mass is 511 g/mol. The van der Waals surface area contributed by atoms with Crippen LogP contribution in [0.25, 0.3) is 0 Å². The molecule has 3 aromatic carbocycles. The number of likely N-dealkylation sites (tertiary alicyclic amines) is 1. The molecule has 1 fully saturated rings. The number of anilines is 2. The Kier molecular flexibility index (Phi) is 8.25. The number of piperidine rings is 1. The number of carbonyl (C=O) groups is 2. The number of nitrogens with one attached hydrogen (secondary N) is 1. The molecular formula is C28H28F3N3O3. The Morgan fingerprint density at radius 1 is 0.946 bits per heavy atom. The van der Waals surface area contributed by atoms with E-state index in [1.54, 1.807) is 60.7 Å². The van der Waals surface area contributed by atoms with E-state index in [-0.39, 0.29) is 5.92 Å². The lowest BCUT2D eigenvalue weighted by atomic mass is 9.85. The number of amides is 1. The molecule has 4 rings (SSSR count). The largest absolute Gasteiger partial charge is 0.419 e. The van der Waals surface area contributed by atoms with Crippen LogP contribution < -0.4 is 10.2 Å². The molecule has 9 heteroatoms. The molecule has 37 heavy (non-hydrogen) atoms. The van der Waals surface area contributed by atoms with Crippen LogP contribution in [0.15, 0.2) is 91.0 Å². The summed E-state index contributed by atoms with van der Waals surface area (Å²) >= 11 is 0. The van der Waals surface area contributed by atoms with E-state index in [4.69, 9.17) is 0 Å². The van der Waals surface area contributed by atoms with E-state index >= 15 is 8.78 Å².